The van der Waals surface area contributed by atoms with E-state index in [4.69, 9.17) is 0 Å². The van der Waals surface area contributed by atoms with Gasteiger partial charge in [-0.3, -0.25) is 0 Å². The molecule has 0 fully saturated rings. The van der Waals surface area contributed by atoms with E-state index in [2.05, 4.69) is 31.2 Å². The van der Waals surface area contributed by atoms with Crippen LogP contribution < -0.4 is 0 Å². The van der Waals surface area contributed by atoms with Crippen molar-refractivity contribution in [2.45, 2.75) is 27.2 Å². The molecule has 0 saturated heterocycles. The third-order valence-electron chi connectivity index (χ3n) is 1.92. The number of hydrogen-bond acceptors (Lipinski definition) is 0. The maximum atomic E-state index is 2.16. The van der Waals surface area contributed by atoms with Crippen LogP contribution >= 0.6 is 0 Å². The Kier molecular flexibility index (Phi) is 10.4. The van der Waals surface area contributed by atoms with Gasteiger partial charge in [-0.25, -0.2) is 0 Å². The normalized spacial score (nSPS) is 7.94. The largest absolute Gasteiger partial charge is 0.0683 e. The van der Waals surface area contributed by atoms with Crippen LogP contribution in [0.4, 0.5) is 0 Å². The van der Waals surface area contributed by atoms with E-state index in [1.807, 2.05) is 56.3 Å². The average Bonchev–Trinajstić information content (AvgIpc) is 2.44. The standard InChI is InChI=1S/C8H10.C6H6.C2H6/c1-2-8-6-4-3-5-7-8;1-2-4-6-5-3-1;1-2/h3-7H,2H2,1H3;1-6H;1-2H3. The highest BCUT2D eigenvalue weighted by atomic mass is 13.9. The summed E-state index contributed by atoms with van der Waals surface area (Å²) in [6.45, 7) is 6.16. The first kappa shape index (κ1) is 14.4. The molecule has 0 aliphatic rings. The molecule has 86 valence electrons. The zero-order valence-electron chi connectivity index (χ0n) is 10.6. The molecule has 0 heteroatoms. The molecule has 2 rings (SSSR count). The van der Waals surface area contributed by atoms with Crippen LogP contribution in [-0.2, 0) is 6.42 Å². The summed E-state index contributed by atoms with van der Waals surface area (Å²) in [4.78, 5) is 0. The van der Waals surface area contributed by atoms with Crippen molar-refractivity contribution >= 4 is 0 Å². The predicted molar refractivity (Wildman–Crippen MR) is 73.6 cm³/mol. The molecule has 0 saturated carbocycles. The Balaban J connectivity index is 0.000000251. The molecule has 0 aliphatic carbocycles. The van der Waals surface area contributed by atoms with Crippen molar-refractivity contribution in [3.8, 4) is 0 Å². The second-order valence-electron chi connectivity index (χ2n) is 2.99. The monoisotopic (exact) mass is 214 g/mol. The van der Waals surface area contributed by atoms with Crippen LogP contribution in [0.15, 0.2) is 66.7 Å². The second-order valence-corrected chi connectivity index (χ2v) is 2.99. The molecule has 0 aliphatic heterocycles. The lowest BCUT2D eigenvalue weighted by atomic mass is 10.2. The van der Waals surface area contributed by atoms with Crippen molar-refractivity contribution in [3.63, 3.8) is 0 Å². The first-order valence-electron chi connectivity index (χ1n) is 5.97. The van der Waals surface area contributed by atoms with Gasteiger partial charge in [0.25, 0.3) is 0 Å². The van der Waals surface area contributed by atoms with Crippen LogP contribution in [0.3, 0.4) is 0 Å². The van der Waals surface area contributed by atoms with Crippen molar-refractivity contribution in [1.29, 1.82) is 0 Å². The van der Waals surface area contributed by atoms with E-state index in [-0.39, 0.29) is 0 Å². The van der Waals surface area contributed by atoms with Crippen LogP contribution in [0.25, 0.3) is 0 Å². The lowest BCUT2D eigenvalue weighted by Crippen LogP contribution is -1.73. The quantitative estimate of drug-likeness (QED) is 0.629. The third kappa shape index (κ3) is 7.81. The second kappa shape index (κ2) is 11.5. The Morgan fingerprint density at radius 3 is 1.19 bits per heavy atom. The van der Waals surface area contributed by atoms with Gasteiger partial charge >= 0.3 is 0 Å². The highest BCUT2D eigenvalue weighted by Gasteiger charge is 1.79. The van der Waals surface area contributed by atoms with E-state index in [1.165, 1.54) is 5.56 Å². The maximum Gasteiger partial charge on any atom is -0.0307 e. The predicted octanol–water partition coefficient (Wildman–Crippen LogP) is 4.96. The fraction of sp³-hybridized carbons (Fsp3) is 0.250. The van der Waals surface area contributed by atoms with E-state index < -0.39 is 0 Å². The first-order chi connectivity index (χ1) is 7.93. The minimum absolute atomic E-state index is 1.14. The molecule has 0 unspecified atom stereocenters. The van der Waals surface area contributed by atoms with E-state index in [0.717, 1.165) is 6.42 Å². The molecule has 0 heterocycles. The molecule has 0 aromatic heterocycles. The van der Waals surface area contributed by atoms with Gasteiger partial charge in [0.1, 0.15) is 0 Å². The zero-order valence-corrected chi connectivity index (χ0v) is 10.6. The van der Waals surface area contributed by atoms with Gasteiger partial charge in [0.2, 0.25) is 0 Å². The van der Waals surface area contributed by atoms with Gasteiger partial charge in [-0.2, -0.15) is 0 Å². The Labute approximate surface area is 100.0 Å². The SMILES string of the molecule is CC.CCc1ccccc1.c1ccccc1. The number of hydrogen-bond donors (Lipinski definition) is 0. The maximum absolute atomic E-state index is 2.16. The van der Waals surface area contributed by atoms with E-state index in [9.17, 15) is 0 Å². The van der Waals surface area contributed by atoms with Crippen LogP contribution in [-0.4, -0.2) is 0 Å². The zero-order chi connectivity index (χ0) is 12.1. The molecule has 0 nitrogen and oxygen atoms in total. The van der Waals surface area contributed by atoms with Gasteiger partial charge < -0.3 is 0 Å². The van der Waals surface area contributed by atoms with Crippen molar-refractivity contribution in [2.24, 2.45) is 0 Å². The van der Waals surface area contributed by atoms with Gasteiger partial charge in [0.15, 0.2) is 0 Å². The van der Waals surface area contributed by atoms with Crippen molar-refractivity contribution < 1.29 is 0 Å². The lowest BCUT2D eigenvalue weighted by molar-refractivity contribution is 1.14. The molecular weight excluding hydrogens is 192 g/mol. The lowest BCUT2D eigenvalue weighted by Gasteiger charge is -1.89. The fourth-order valence-electron chi connectivity index (χ4n) is 1.10. The smallest absolute Gasteiger partial charge is 0.0307 e. The highest BCUT2D eigenvalue weighted by molar-refractivity contribution is 5.13. The van der Waals surface area contributed by atoms with E-state index >= 15 is 0 Å². The van der Waals surface area contributed by atoms with Crippen LogP contribution in [0.2, 0.25) is 0 Å². The van der Waals surface area contributed by atoms with Crippen molar-refractivity contribution in [1.82, 2.24) is 0 Å². The minimum Gasteiger partial charge on any atom is -0.0683 e. The molecule has 2 aromatic carbocycles. The molecule has 2 aromatic rings. The summed E-state index contributed by atoms with van der Waals surface area (Å²) in [6.07, 6.45) is 1.14. The van der Waals surface area contributed by atoms with E-state index in [0.29, 0.717) is 0 Å². The summed E-state index contributed by atoms with van der Waals surface area (Å²) in [7, 11) is 0. The molecule has 16 heavy (non-hydrogen) atoms. The molecule has 0 N–H and O–H groups in total. The summed E-state index contributed by atoms with van der Waals surface area (Å²) in [5.74, 6) is 0. The van der Waals surface area contributed by atoms with Crippen molar-refractivity contribution in [3.05, 3.63) is 72.3 Å². The molecule has 0 bridgehead atoms. The Bertz CT molecular complexity index is 284. The molecular formula is C16H22. The van der Waals surface area contributed by atoms with Gasteiger partial charge in [0.05, 0.1) is 0 Å². The molecule has 0 spiro atoms. The fourth-order valence-corrected chi connectivity index (χ4v) is 1.10. The van der Waals surface area contributed by atoms with Crippen LogP contribution in [0.5, 0.6) is 0 Å². The average molecular weight is 214 g/mol. The van der Waals surface area contributed by atoms with Crippen LogP contribution in [0.1, 0.15) is 26.3 Å². The number of benzene rings is 2. The Morgan fingerprint density at radius 1 is 0.625 bits per heavy atom. The Hall–Kier alpha value is -1.56. The number of aryl methyl sites for hydroxylation is 1. The Morgan fingerprint density at radius 2 is 0.938 bits per heavy atom. The minimum atomic E-state index is 1.14. The summed E-state index contributed by atoms with van der Waals surface area (Å²) < 4.78 is 0. The first-order valence-corrected chi connectivity index (χ1v) is 5.97. The summed E-state index contributed by atoms with van der Waals surface area (Å²) >= 11 is 0. The topological polar surface area (TPSA) is 0 Å². The van der Waals surface area contributed by atoms with Gasteiger partial charge in [-0.05, 0) is 12.0 Å². The highest BCUT2D eigenvalue weighted by Crippen LogP contribution is 1.96. The third-order valence-corrected chi connectivity index (χ3v) is 1.92. The van der Waals surface area contributed by atoms with Crippen LogP contribution in [0, 0.1) is 0 Å². The van der Waals surface area contributed by atoms with Gasteiger partial charge in [-0.15, -0.1) is 0 Å². The summed E-state index contributed by atoms with van der Waals surface area (Å²) in [5, 5.41) is 0. The molecule has 0 radical (unpaired) electrons. The molecule has 0 amide bonds. The van der Waals surface area contributed by atoms with Gasteiger partial charge in [0, 0.05) is 0 Å². The van der Waals surface area contributed by atoms with E-state index in [1.54, 1.807) is 0 Å². The van der Waals surface area contributed by atoms with Crippen molar-refractivity contribution in [2.75, 3.05) is 0 Å². The molecule has 0 atom stereocenters. The summed E-state index contributed by atoms with van der Waals surface area (Å²) in [6, 6.07) is 22.5. The van der Waals surface area contributed by atoms with Gasteiger partial charge in [-0.1, -0.05) is 87.5 Å². The summed E-state index contributed by atoms with van der Waals surface area (Å²) in [5.41, 5.74) is 1.41. The number of rotatable bonds is 1.